The third-order valence-corrected chi connectivity index (χ3v) is 1.65. The number of aliphatic imine (C=N–C) groups is 1. The Morgan fingerprint density at radius 1 is 1.75 bits per heavy atom. The molecule has 4 heteroatoms. The minimum absolute atomic E-state index is 0.0570. The van der Waals surface area contributed by atoms with Crippen molar-refractivity contribution in [1.82, 2.24) is 4.90 Å². The number of amidine groups is 1. The van der Waals surface area contributed by atoms with Crippen molar-refractivity contribution in [1.29, 1.82) is 0 Å². The van der Waals surface area contributed by atoms with Crippen LogP contribution in [0.4, 0.5) is 0 Å². The van der Waals surface area contributed by atoms with Gasteiger partial charge in [-0.05, 0) is 13.8 Å². The Kier molecular flexibility index (Phi) is 2.92. The summed E-state index contributed by atoms with van der Waals surface area (Å²) in [5.41, 5.74) is 0. The molecule has 1 aliphatic heterocycles. The van der Waals surface area contributed by atoms with Gasteiger partial charge in [0.2, 0.25) is 0 Å². The summed E-state index contributed by atoms with van der Waals surface area (Å²) in [4.78, 5) is 6.18. The average molecular weight is 172 g/mol. The van der Waals surface area contributed by atoms with Gasteiger partial charge in [0.15, 0.2) is 0 Å². The average Bonchev–Trinajstić information content (AvgIpc) is 2.31. The molecule has 1 fully saturated rings. The Labute approximate surface area is 72.9 Å². The van der Waals surface area contributed by atoms with Crippen molar-refractivity contribution < 1.29 is 9.84 Å². The summed E-state index contributed by atoms with van der Waals surface area (Å²) in [6.07, 6.45) is -0.104. The molecule has 1 unspecified atom stereocenters. The summed E-state index contributed by atoms with van der Waals surface area (Å²) >= 11 is 0. The van der Waals surface area contributed by atoms with Gasteiger partial charge in [0, 0.05) is 13.1 Å². The molecule has 1 atom stereocenters. The summed E-state index contributed by atoms with van der Waals surface area (Å²) in [7, 11) is 1.91. The Morgan fingerprint density at radius 2 is 2.42 bits per heavy atom. The van der Waals surface area contributed by atoms with Crippen LogP contribution in [0.3, 0.4) is 0 Å². The maximum atomic E-state index is 8.83. The van der Waals surface area contributed by atoms with E-state index >= 15 is 0 Å². The van der Waals surface area contributed by atoms with E-state index in [9.17, 15) is 0 Å². The Hall–Kier alpha value is -0.770. The van der Waals surface area contributed by atoms with Crippen LogP contribution in [-0.2, 0) is 4.74 Å². The first-order valence-corrected chi connectivity index (χ1v) is 4.20. The van der Waals surface area contributed by atoms with Gasteiger partial charge in [-0.25, -0.2) is 4.99 Å². The quantitative estimate of drug-likeness (QED) is 0.641. The lowest BCUT2D eigenvalue weighted by Crippen LogP contribution is -2.22. The topological polar surface area (TPSA) is 45.1 Å². The fourth-order valence-electron chi connectivity index (χ4n) is 1.10. The highest BCUT2D eigenvalue weighted by Crippen LogP contribution is 2.09. The normalized spacial score (nSPS) is 26.9. The van der Waals surface area contributed by atoms with Crippen LogP contribution in [0.2, 0.25) is 0 Å². The molecule has 0 aromatic carbocycles. The molecule has 0 amide bonds. The molecule has 12 heavy (non-hydrogen) atoms. The largest absolute Gasteiger partial charge is 0.457 e. The molecule has 0 saturated carbocycles. The van der Waals surface area contributed by atoms with Gasteiger partial charge in [0.1, 0.15) is 6.10 Å². The highest BCUT2D eigenvalue weighted by atomic mass is 16.5. The molecular formula is C8H16N2O2. The lowest BCUT2D eigenvalue weighted by atomic mass is 10.4. The maximum absolute atomic E-state index is 8.83. The monoisotopic (exact) mass is 172 g/mol. The molecule has 0 bridgehead atoms. The number of ether oxygens (including phenoxy) is 1. The second-order valence-electron chi connectivity index (χ2n) is 3.31. The third-order valence-electron chi connectivity index (χ3n) is 1.65. The lowest BCUT2D eigenvalue weighted by Gasteiger charge is -2.08. The van der Waals surface area contributed by atoms with E-state index in [0.29, 0.717) is 6.02 Å². The van der Waals surface area contributed by atoms with Crippen molar-refractivity contribution in [2.24, 2.45) is 4.99 Å². The van der Waals surface area contributed by atoms with E-state index in [1.807, 2.05) is 25.8 Å². The Balaban J connectivity index is 2.57. The van der Waals surface area contributed by atoms with Crippen molar-refractivity contribution in [3.63, 3.8) is 0 Å². The van der Waals surface area contributed by atoms with Gasteiger partial charge >= 0.3 is 0 Å². The predicted octanol–water partition coefficient (Wildman–Crippen LogP) is 0.0737. The van der Waals surface area contributed by atoms with Crippen LogP contribution >= 0.6 is 0 Å². The first-order chi connectivity index (χ1) is 5.63. The molecule has 1 aliphatic rings. The molecule has 0 radical (unpaired) electrons. The number of hydrogen-bond acceptors (Lipinski definition) is 3. The second kappa shape index (κ2) is 3.76. The number of aliphatic hydroxyl groups excluding tert-OH is 1. The molecule has 1 saturated heterocycles. The molecule has 70 valence electrons. The summed E-state index contributed by atoms with van der Waals surface area (Å²) in [5.74, 6) is 0. The summed E-state index contributed by atoms with van der Waals surface area (Å²) in [6.45, 7) is 4.77. The summed E-state index contributed by atoms with van der Waals surface area (Å²) < 4.78 is 5.36. The van der Waals surface area contributed by atoms with Crippen LogP contribution in [0.1, 0.15) is 13.8 Å². The van der Waals surface area contributed by atoms with E-state index in [0.717, 1.165) is 6.54 Å². The van der Waals surface area contributed by atoms with Crippen LogP contribution in [-0.4, -0.2) is 48.4 Å². The Bertz CT molecular complexity index is 180. The molecule has 1 rings (SSSR count). The van der Waals surface area contributed by atoms with Crippen molar-refractivity contribution in [3.8, 4) is 0 Å². The van der Waals surface area contributed by atoms with Gasteiger partial charge < -0.3 is 14.7 Å². The van der Waals surface area contributed by atoms with Crippen molar-refractivity contribution in [3.05, 3.63) is 0 Å². The van der Waals surface area contributed by atoms with Gasteiger partial charge in [-0.2, -0.15) is 0 Å². The van der Waals surface area contributed by atoms with Crippen molar-refractivity contribution in [2.75, 3.05) is 20.2 Å². The molecule has 0 aromatic rings. The minimum atomic E-state index is -0.104. The summed E-state index contributed by atoms with van der Waals surface area (Å²) in [6, 6.07) is 0.879. The van der Waals surface area contributed by atoms with Gasteiger partial charge in [0.25, 0.3) is 6.02 Å². The smallest absolute Gasteiger partial charge is 0.287 e. The lowest BCUT2D eigenvalue weighted by molar-refractivity contribution is 0.132. The van der Waals surface area contributed by atoms with Crippen molar-refractivity contribution in [2.45, 2.75) is 26.0 Å². The van der Waals surface area contributed by atoms with Gasteiger partial charge in [-0.15, -0.1) is 0 Å². The zero-order valence-corrected chi connectivity index (χ0v) is 7.82. The standard InChI is InChI=1S/C8H16N2O2/c1-6(2)9-8-10(3)4-7(5-11)12-8/h6-7,11H,4-5H2,1-3H3. The van der Waals surface area contributed by atoms with Crippen LogP contribution in [0.15, 0.2) is 4.99 Å². The van der Waals surface area contributed by atoms with E-state index < -0.39 is 0 Å². The molecule has 0 aromatic heterocycles. The number of nitrogens with zero attached hydrogens (tertiary/aromatic N) is 2. The van der Waals surface area contributed by atoms with E-state index in [1.165, 1.54) is 0 Å². The SMILES string of the molecule is CC(C)N=C1OC(CO)CN1C. The fourth-order valence-corrected chi connectivity index (χ4v) is 1.10. The fraction of sp³-hybridized carbons (Fsp3) is 0.875. The molecular weight excluding hydrogens is 156 g/mol. The van der Waals surface area contributed by atoms with Crippen LogP contribution < -0.4 is 0 Å². The zero-order valence-electron chi connectivity index (χ0n) is 7.82. The highest BCUT2D eigenvalue weighted by molar-refractivity contribution is 5.75. The molecule has 1 N–H and O–H groups in total. The summed E-state index contributed by atoms with van der Waals surface area (Å²) in [5, 5.41) is 8.83. The van der Waals surface area contributed by atoms with E-state index in [1.54, 1.807) is 0 Å². The van der Waals surface area contributed by atoms with E-state index in [4.69, 9.17) is 9.84 Å². The zero-order chi connectivity index (χ0) is 9.14. The Morgan fingerprint density at radius 3 is 2.83 bits per heavy atom. The van der Waals surface area contributed by atoms with Crippen LogP contribution in [0.5, 0.6) is 0 Å². The van der Waals surface area contributed by atoms with Gasteiger partial charge in [-0.3, -0.25) is 0 Å². The highest BCUT2D eigenvalue weighted by Gasteiger charge is 2.25. The van der Waals surface area contributed by atoms with Gasteiger partial charge in [-0.1, -0.05) is 0 Å². The van der Waals surface area contributed by atoms with E-state index in [2.05, 4.69) is 4.99 Å². The van der Waals surface area contributed by atoms with Crippen LogP contribution in [0, 0.1) is 0 Å². The van der Waals surface area contributed by atoms with Gasteiger partial charge in [0.05, 0.1) is 13.2 Å². The number of hydrogen-bond donors (Lipinski definition) is 1. The number of aliphatic hydroxyl groups is 1. The van der Waals surface area contributed by atoms with E-state index in [-0.39, 0.29) is 18.8 Å². The first kappa shape index (κ1) is 9.32. The molecule has 4 nitrogen and oxygen atoms in total. The number of rotatable bonds is 2. The van der Waals surface area contributed by atoms with Crippen molar-refractivity contribution >= 4 is 6.02 Å². The third kappa shape index (κ3) is 2.11. The molecule has 0 spiro atoms. The van der Waals surface area contributed by atoms with Crippen LogP contribution in [0.25, 0.3) is 0 Å². The second-order valence-corrected chi connectivity index (χ2v) is 3.31. The maximum Gasteiger partial charge on any atom is 0.287 e. The minimum Gasteiger partial charge on any atom is -0.457 e. The predicted molar refractivity (Wildman–Crippen MR) is 47.2 cm³/mol. The molecule has 0 aliphatic carbocycles. The molecule has 1 heterocycles. The number of likely N-dealkylation sites (N-methyl/N-ethyl adjacent to an activating group) is 1. The first-order valence-electron chi connectivity index (χ1n) is 4.20.